The van der Waals surface area contributed by atoms with Crippen molar-refractivity contribution < 1.29 is 14.2 Å². The highest BCUT2D eigenvalue weighted by Crippen LogP contribution is 2.31. The zero-order valence-corrected chi connectivity index (χ0v) is 10.9. The van der Waals surface area contributed by atoms with Crippen molar-refractivity contribution >= 4 is 22.5 Å². The van der Waals surface area contributed by atoms with Gasteiger partial charge >= 0.3 is 0 Å². The maximum atomic E-state index is 13.6. The molecule has 0 amide bonds. The first-order chi connectivity index (χ1) is 8.62. The first-order valence-electron chi connectivity index (χ1n) is 5.57. The lowest BCUT2D eigenvalue weighted by molar-refractivity contribution is 0.280. The van der Waals surface area contributed by atoms with Gasteiger partial charge in [0, 0.05) is 17.0 Å². The number of hydrogen-bond donors (Lipinski definition) is 1. The molecule has 0 saturated heterocycles. The van der Waals surface area contributed by atoms with Gasteiger partial charge in [0.15, 0.2) is 11.6 Å². The molecule has 0 fully saturated rings. The van der Waals surface area contributed by atoms with Crippen LogP contribution in [0, 0.1) is 5.82 Å². The Morgan fingerprint density at radius 3 is 2.67 bits per heavy atom. The minimum absolute atomic E-state index is 0.158. The summed E-state index contributed by atoms with van der Waals surface area (Å²) in [5, 5.41) is 10.3. The van der Waals surface area contributed by atoms with Crippen LogP contribution in [0.5, 0.6) is 5.75 Å². The van der Waals surface area contributed by atoms with Crippen molar-refractivity contribution in [2.24, 2.45) is 0 Å². The average Bonchev–Trinajstić information content (AvgIpc) is 2.36. The Hall–Kier alpha value is -1.39. The molecule has 5 heteroatoms. The largest absolute Gasteiger partial charge is 0.494 e. The van der Waals surface area contributed by atoms with Gasteiger partial charge in [0.1, 0.15) is 5.15 Å². The summed E-state index contributed by atoms with van der Waals surface area (Å²) < 4.78 is 18.6. The maximum absolute atomic E-state index is 13.6. The third kappa shape index (κ3) is 2.02. The van der Waals surface area contributed by atoms with Crippen molar-refractivity contribution in [3.05, 3.63) is 34.2 Å². The molecule has 1 aromatic carbocycles. The van der Waals surface area contributed by atoms with Gasteiger partial charge in [0.25, 0.3) is 0 Å². The van der Waals surface area contributed by atoms with E-state index in [-0.39, 0.29) is 17.5 Å². The molecule has 0 bridgehead atoms. The lowest BCUT2D eigenvalue weighted by atomic mass is 10.0. The Balaban J connectivity index is 2.85. The van der Waals surface area contributed by atoms with Gasteiger partial charge in [0.2, 0.25) is 0 Å². The van der Waals surface area contributed by atoms with Gasteiger partial charge in [-0.05, 0) is 18.1 Å². The van der Waals surface area contributed by atoms with Gasteiger partial charge in [-0.15, -0.1) is 0 Å². The fraction of sp³-hybridized carbons (Fsp3) is 0.308. The van der Waals surface area contributed by atoms with Gasteiger partial charge in [0.05, 0.1) is 19.2 Å². The average molecular weight is 270 g/mol. The molecule has 2 rings (SSSR count). The highest BCUT2D eigenvalue weighted by Gasteiger charge is 2.14. The molecule has 96 valence electrons. The first kappa shape index (κ1) is 13.1. The van der Waals surface area contributed by atoms with Crippen LogP contribution < -0.4 is 4.74 Å². The smallest absolute Gasteiger partial charge is 0.167 e. The molecule has 0 spiro atoms. The summed E-state index contributed by atoms with van der Waals surface area (Å²) in [6, 6.07) is 2.88. The molecule has 2 aromatic rings. The molecular formula is C13H13ClFNO2. The number of aliphatic hydroxyl groups is 1. The molecule has 0 atom stereocenters. The van der Waals surface area contributed by atoms with E-state index >= 15 is 0 Å². The Bertz CT molecular complexity index is 596. The lowest BCUT2D eigenvalue weighted by Crippen LogP contribution is -2.00. The monoisotopic (exact) mass is 269 g/mol. The molecule has 3 nitrogen and oxygen atoms in total. The van der Waals surface area contributed by atoms with Gasteiger partial charge in [-0.3, -0.25) is 0 Å². The van der Waals surface area contributed by atoms with Crippen molar-refractivity contribution in [3.8, 4) is 5.75 Å². The summed E-state index contributed by atoms with van der Waals surface area (Å²) in [6.45, 7) is 1.75. The summed E-state index contributed by atoms with van der Waals surface area (Å²) >= 11 is 5.99. The SMILES string of the molecule is CCc1c(CO)c(Cl)nc2cc(F)c(OC)cc12. The Morgan fingerprint density at radius 2 is 2.11 bits per heavy atom. The van der Waals surface area contributed by atoms with Crippen molar-refractivity contribution in [1.82, 2.24) is 4.98 Å². The second-order valence-electron chi connectivity index (χ2n) is 3.88. The maximum Gasteiger partial charge on any atom is 0.167 e. The number of aliphatic hydroxyl groups excluding tert-OH is 1. The molecule has 0 aliphatic rings. The molecule has 0 aliphatic heterocycles. The highest BCUT2D eigenvalue weighted by molar-refractivity contribution is 6.30. The fourth-order valence-electron chi connectivity index (χ4n) is 2.06. The van der Waals surface area contributed by atoms with E-state index < -0.39 is 5.82 Å². The van der Waals surface area contributed by atoms with Crippen LogP contribution in [-0.4, -0.2) is 17.2 Å². The van der Waals surface area contributed by atoms with Crippen LogP contribution in [0.25, 0.3) is 10.9 Å². The minimum atomic E-state index is -0.479. The number of halogens is 2. The van der Waals surface area contributed by atoms with Crippen molar-refractivity contribution in [2.45, 2.75) is 20.0 Å². The minimum Gasteiger partial charge on any atom is -0.494 e. The predicted molar refractivity (Wildman–Crippen MR) is 68.6 cm³/mol. The third-order valence-electron chi connectivity index (χ3n) is 2.94. The van der Waals surface area contributed by atoms with Crippen LogP contribution in [0.15, 0.2) is 12.1 Å². The Labute approximate surface area is 109 Å². The van der Waals surface area contributed by atoms with Crippen LogP contribution in [0.4, 0.5) is 4.39 Å². The zero-order chi connectivity index (χ0) is 13.3. The summed E-state index contributed by atoms with van der Waals surface area (Å²) in [5.74, 6) is -0.322. The Morgan fingerprint density at radius 1 is 1.39 bits per heavy atom. The number of aryl methyl sites for hydroxylation is 1. The summed E-state index contributed by atoms with van der Waals surface area (Å²) in [5.41, 5.74) is 1.92. The summed E-state index contributed by atoms with van der Waals surface area (Å²) in [4.78, 5) is 4.10. The molecular weight excluding hydrogens is 257 g/mol. The standard InChI is InChI=1S/C13H13ClFNO2/c1-3-7-8-4-12(18-2)10(15)5-11(8)16-13(14)9(7)6-17/h4-5,17H,3,6H2,1-2H3. The molecule has 1 N–H and O–H groups in total. The number of methoxy groups -OCH3 is 1. The third-order valence-corrected chi connectivity index (χ3v) is 3.25. The van der Waals surface area contributed by atoms with Gasteiger partial charge in [-0.1, -0.05) is 18.5 Å². The number of aromatic nitrogens is 1. The number of rotatable bonds is 3. The van der Waals surface area contributed by atoms with Crippen LogP contribution >= 0.6 is 11.6 Å². The Kier molecular flexibility index (Phi) is 3.68. The lowest BCUT2D eigenvalue weighted by Gasteiger charge is -2.12. The molecule has 0 aliphatic carbocycles. The van der Waals surface area contributed by atoms with Crippen LogP contribution in [0.2, 0.25) is 5.15 Å². The molecule has 1 aromatic heterocycles. The second kappa shape index (κ2) is 5.08. The van der Waals surface area contributed by atoms with Crippen molar-refractivity contribution in [2.75, 3.05) is 7.11 Å². The van der Waals surface area contributed by atoms with E-state index in [1.54, 1.807) is 6.07 Å². The number of nitrogens with zero attached hydrogens (tertiary/aromatic N) is 1. The van der Waals surface area contributed by atoms with Gasteiger partial charge in [-0.2, -0.15) is 0 Å². The van der Waals surface area contributed by atoms with E-state index in [4.69, 9.17) is 16.3 Å². The number of fused-ring (bicyclic) bond motifs is 1. The molecule has 0 radical (unpaired) electrons. The quantitative estimate of drug-likeness (QED) is 0.871. The van der Waals surface area contributed by atoms with E-state index in [2.05, 4.69) is 4.98 Å². The summed E-state index contributed by atoms with van der Waals surface area (Å²) in [6.07, 6.45) is 0.670. The normalized spacial score (nSPS) is 10.9. The van der Waals surface area contributed by atoms with E-state index in [0.29, 0.717) is 17.5 Å². The van der Waals surface area contributed by atoms with E-state index in [1.165, 1.54) is 13.2 Å². The van der Waals surface area contributed by atoms with Gasteiger partial charge < -0.3 is 9.84 Å². The topological polar surface area (TPSA) is 42.4 Å². The number of benzene rings is 1. The van der Waals surface area contributed by atoms with E-state index in [9.17, 15) is 9.50 Å². The fourth-order valence-corrected chi connectivity index (χ4v) is 2.32. The van der Waals surface area contributed by atoms with Crippen LogP contribution in [0.3, 0.4) is 0 Å². The predicted octanol–water partition coefficient (Wildman–Crippen LogP) is 3.09. The first-order valence-corrected chi connectivity index (χ1v) is 5.95. The van der Waals surface area contributed by atoms with Crippen molar-refractivity contribution in [3.63, 3.8) is 0 Å². The molecule has 1 heterocycles. The number of ether oxygens (including phenoxy) is 1. The van der Waals surface area contributed by atoms with E-state index in [1.807, 2.05) is 6.92 Å². The van der Waals surface area contributed by atoms with Crippen LogP contribution in [0.1, 0.15) is 18.1 Å². The molecule has 0 saturated carbocycles. The van der Waals surface area contributed by atoms with Gasteiger partial charge in [-0.25, -0.2) is 9.37 Å². The number of hydrogen-bond acceptors (Lipinski definition) is 3. The summed E-state index contributed by atoms with van der Waals surface area (Å²) in [7, 11) is 1.41. The highest BCUT2D eigenvalue weighted by atomic mass is 35.5. The van der Waals surface area contributed by atoms with E-state index in [0.717, 1.165) is 10.9 Å². The number of pyridine rings is 1. The zero-order valence-electron chi connectivity index (χ0n) is 10.1. The van der Waals surface area contributed by atoms with Crippen LogP contribution in [-0.2, 0) is 13.0 Å². The van der Waals surface area contributed by atoms with Crippen molar-refractivity contribution in [1.29, 1.82) is 0 Å². The molecule has 18 heavy (non-hydrogen) atoms. The molecule has 0 unspecified atom stereocenters. The second-order valence-corrected chi connectivity index (χ2v) is 4.23.